The summed E-state index contributed by atoms with van der Waals surface area (Å²) in [4.78, 5) is 25.0. The van der Waals surface area contributed by atoms with Crippen LogP contribution in [0.4, 0.5) is 0 Å². The second-order valence-corrected chi connectivity index (χ2v) is 7.38. The van der Waals surface area contributed by atoms with Crippen LogP contribution < -0.4 is 0 Å². The molecule has 1 amide bonds. The first-order valence-corrected chi connectivity index (χ1v) is 8.25. The fourth-order valence-corrected chi connectivity index (χ4v) is 3.30. The number of nitrogens with zero attached hydrogens (tertiary/aromatic N) is 1. The van der Waals surface area contributed by atoms with Gasteiger partial charge in [0.25, 0.3) is 5.91 Å². The van der Waals surface area contributed by atoms with Crippen LogP contribution in [0, 0.1) is 2.88 Å². The van der Waals surface area contributed by atoms with Gasteiger partial charge in [0.05, 0.1) is 14.0 Å². The number of hydrogen-bond acceptors (Lipinski definition) is 3. The van der Waals surface area contributed by atoms with E-state index in [1.54, 1.807) is 30.1 Å². The maximum absolute atomic E-state index is 12.2. The minimum absolute atomic E-state index is 0.0398. The van der Waals surface area contributed by atoms with Gasteiger partial charge in [-0.1, -0.05) is 18.2 Å². The van der Waals surface area contributed by atoms with Crippen LogP contribution >= 0.6 is 33.9 Å². The van der Waals surface area contributed by atoms with Gasteiger partial charge in [-0.05, 0) is 46.7 Å². The van der Waals surface area contributed by atoms with Gasteiger partial charge in [-0.3, -0.25) is 4.79 Å². The highest BCUT2D eigenvalue weighted by atomic mass is 127. The van der Waals surface area contributed by atoms with E-state index in [0.717, 1.165) is 8.45 Å². The quantitative estimate of drug-likeness (QED) is 0.763. The van der Waals surface area contributed by atoms with Crippen molar-refractivity contribution in [2.24, 2.45) is 0 Å². The molecule has 0 fully saturated rings. The second kappa shape index (κ2) is 7.04. The number of benzene rings is 1. The molecule has 110 valence electrons. The number of thiophene rings is 1. The molecule has 0 unspecified atom stereocenters. The zero-order valence-electron chi connectivity index (χ0n) is 11.4. The van der Waals surface area contributed by atoms with Crippen molar-refractivity contribution in [1.82, 2.24) is 4.90 Å². The van der Waals surface area contributed by atoms with Crippen LogP contribution in [0.25, 0.3) is 0 Å². The van der Waals surface area contributed by atoms with Crippen LogP contribution in [0.5, 0.6) is 0 Å². The zero-order chi connectivity index (χ0) is 15.4. The van der Waals surface area contributed by atoms with Crippen molar-refractivity contribution in [1.29, 1.82) is 0 Å². The zero-order valence-corrected chi connectivity index (χ0v) is 14.3. The molecule has 0 radical (unpaired) electrons. The summed E-state index contributed by atoms with van der Waals surface area (Å²) < 4.78 is 1.07. The van der Waals surface area contributed by atoms with Gasteiger partial charge in [-0.2, -0.15) is 0 Å². The Labute approximate surface area is 140 Å². The Hall–Kier alpha value is -1.41. The molecule has 21 heavy (non-hydrogen) atoms. The lowest BCUT2D eigenvalue weighted by molar-refractivity contribution is 0.0695. The van der Waals surface area contributed by atoms with Crippen molar-refractivity contribution in [2.75, 3.05) is 13.6 Å². The van der Waals surface area contributed by atoms with Gasteiger partial charge in [0.2, 0.25) is 0 Å². The molecular weight excluding hydrogens is 401 g/mol. The molecule has 0 saturated heterocycles. The minimum Gasteiger partial charge on any atom is -0.478 e. The monoisotopic (exact) mass is 415 g/mol. The Morgan fingerprint density at radius 1 is 1.33 bits per heavy atom. The summed E-state index contributed by atoms with van der Waals surface area (Å²) >= 11 is 3.71. The van der Waals surface area contributed by atoms with Crippen LogP contribution in [0.3, 0.4) is 0 Å². The van der Waals surface area contributed by atoms with Gasteiger partial charge >= 0.3 is 5.97 Å². The highest BCUT2D eigenvalue weighted by Gasteiger charge is 2.15. The Bertz CT molecular complexity index is 668. The van der Waals surface area contributed by atoms with Crippen LogP contribution in [0.2, 0.25) is 0 Å². The third kappa shape index (κ3) is 4.04. The molecule has 0 aliphatic carbocycles. The summed E-state index contributed by atoms with van der Waals surface area (Å²) in [6.07, 6.45) is 0.520. The van der Waals surface area contributed by atoms with E-state index < -0.39 is 5.97 Å². The Kier molecular flexibility index (Phi) is 5.35. The Morgan fingerprint density at radius 2 is 2.05 bits per heavy atom. The number of carbonyl (C=O) groups is 2. The molecule has 0 aliphatic rings. The van der Waals surface area contributed by atoms with Crippen LogP contribution in [-0.4, -0.2) is 35.5 Å². The van der Waals surface area contributed by atoms with E-state index in [0.29, 0.717) is 24.1 Å². The number of carboxylic acid groups (broad SMARTS) is 1. The number of hydrogen-bond donors (Lipinski definition) is 1. The van der Waals surface area contributed by atoms with Gasteiger partial charge in [0, 0.05) is 19.0 Å². The van der Waals surface area contributed by atoms with E-state index in [1.165, 1.54) is 11.3 Å². The number of aromatic carboxylic acids is 1. The van der Waals surface area contributed by atoms with E-state index >= 15 is 0 Å². The van der Waals surface area contributed by atoms with Gasteiger partial charge in [-0.25, -0.2) is 4.79 Å². The number of halogens is 1. The maximum atomic E-state index is 12.2. The standard InChI is InChI=1S/C15H14INO3S/c1-17(14(18)11-8-13(16)21-9-11)7-6-10-4-2-3-5-12(10)15(19)20/h2-5,8-9H,6-7H2,1H3,(H,19,20). The molecule has 1 heterocycles. The molecule has 2 rings (SSSR count). The molecule has 0 atom stereocenters. The first kappa shape index (κ1) is 16.0. The van der Waals surface area contributed by atoms with Gasteiger partial charge < -0.3 is 10.0 Å². The van der Waals surface area contributed by atoms with Crippen molar-refractivity contribution < 1.29 is 14.7 Å². The molecular formula is C15H14INO3S. The molecule has 0 saturated carbocycles. The number of carbonyl (C=O) groups excluding carboxylic acids is 1. The van der Waals surface area contributed by atoms with Crippen molar-refractivity contribution in [3.8, 4) is 0 Å². The van der Waals surface area contributed by atoms with E-state index in [1.807, 2.05) is 17.5 Å². The SMILES string of the molecule is CN(CCc1ccccc1C(=O)O)C(=O)c1csc(I)c1. The summed E-state index contributed by atoms with van der Waals surface area (Å²) in [5.41, 5.74) is 1.71. The molecule has 0 spiro atoms. The predicted octanol–water partition coefficient (Wildman–Crippen LogP) is 3.37. The molecule has 4 nitrogen and oxygen atoms in total. The average molecular weight is 415 g/mol. The number of rotatable bonds is 5. The highest BCUT2D eigenvalue weighted by Crippen LogP contribution is 2.18. The van der Waals surface area contributed by atoms with Crippen LogP contribution in [0.1, 0.15) is 26.3 Å². The van der Waals surface area contributed by atoms with E-state index in [-0.39, 0.29) is 5.91 Å². The molecule has 0 aliphatic heterocycles. The van der Waals surface area contributed by atoms with Gasteiger partial charge in [0.15, 0.2) is 0 Å². The Balaban J connectivity index is 2.03. The summed E-state index contributed by atoms with van der Waals surface area (Å²) in [6, 6.07) is 8.74. The molecule has 1 aromatic heterocycles. The van der Waals surface area contributed by atoms with Crippen molar-refractivity contribution >= 4 is 45.8 Å². The molecule has 1 aromatic carbocycles. The first-order valence-electron chi connectivity index (χ1n) is 6.29. The van der Waals surface area contributed by atoms with E-state index in [9.17, 15) is 9.59 Å². The third-order valence-corrected chi connectivity index (χ3v) is 4.91. The minimum atomic E-state index is -0.938. The summed E-state index contributed by atoms with van der Waals surface area (Å²) in [5.74, 6) is -0.978. The lowest BCUT2D eigenvalue weighted by atomic mass is 10.0. The summed E-state index contributed by atoms with van der Waals surface area (Å²) in [7, 11) is 1.73. The van der Waals surface area contributed by atoms with Crippen LogP contribution in [-0.2, 0) is 6.42 Å². The number of amides is 1. The highest BCUT2D eigenvalue weighted by molar-refractivity contribution is 14.1. The van der Waals surface area contributed by atoms with E-state index in [4.69, 9.17) is 5.11 Å². The van der Waals surface area contributed by atoms with Crippen molar-refractivity contribution in [2.45, 2.75) is 6.42 Å². The van der Waals surface area contributed by atoms with Crippen molar-refractivity contribution in [3.05, 3.63) is 55.3 Å². The fraction of sp³-hybridized carbons (Fsp3) is 0.200. The second-order valence-electron chi connectivity index (χ2n) is 4.58. The molecule has 2 aromatic rings. The molecule has 6 heteroatoms. The lowest BCUT2D eigenvalue weighted by Crippen LogP contribution is -2.28. The largest absolute Gasteiger partial charge is 0.478 e. The summed E-state index contributed by atoms with van der Waals surface area (Å²) in [6.45, 7) is 0.482. The number of carboxylic acids is 1. The van der Waals surface area contributed by atoms with Gasteiger partial charge in [0.1, 0.15) is 0 Å². The lowest BCUT2D eigenvalue weighted by Gasteiger charge is -2.17. The summed E-state index contributed by atoms with van der Waals surface area (Å²) in [5, 5.41) is 11.0. The van der Waals surface area contributed by atoms with E-state index in [2.05, 4.69) is 22.6 Å². The maximum Gasteiger partial charge on any atom is 0.335 e. The molecule has 1 N–H and O–H groups in total. The van der Waals surface area contributed by atoms with Crippen LogP contribution in [0.15, 0.2) is 35.7 Å². The fourth-order valence-electron chi connectivity index (χ4n) is 1.98. The molecule has 0 bridgehead atoms. The first-order chi connectivity index (χ1) is 9.99. The predicted molar refractivity (Wildman–Crippen MR) is 91.1 cm³/mol. The smallest absolute Gasteiger partial charge is 0.335 e. The topological polar surface area (TPSA) is 57.6 Å². The number of likely N-dealkylation sites (N-methyl/N-ethyl adjacent to an activating group) is 1. The normalized spacial score (nSPS) is 10.4. The van der Waals surface area contributed by atoms with Gasteiger partial charge in [-0.15, -0.1) is 11.3 Å². The third-order valence-electron chi connectivity index (χ3n) is 3.13. The average Bonchev–Trinajstić information content (AvgIpc) is 2.90. The Morgan fingerprint density at radius 3 is 2.67 bits per heavy atom. The van der Waals surface area contributed by atoms with Crippen molar-refractivity contribution in [3.63, 3.8) is 0 Å².